The van der Waals surface area contributed by atoms with Gasteiger partial charge in [0.15, 0.2) is 0 Å². The van der Waals surface area contributed by atoms with Crippen LogP contribution in [0.5, 0.6) is 0 Å². The van der Waals surface area contributed by atoms with Gasteiger partial charge in [-0.25, -0.2) is 0 Å². The zero-order valence-corrected chi connectivity index (χ0v) is 11.1. The number of carboxylic acids is 1. The number of carboxylic acid groups (broad SMARTS) is 1. The molecule has 0 aliphatic carbocycles. The van der Waals surface area contributed by atoms with Crippen LogP contribution in [0.15, 0.2) is 22.8 Å². The number of hydrogen-bond donors (Lipinski definition) is 1. The van der Waals surface area contributed by atoms with Gasteiger partial charge in [0.1, 0.15) is 5.76 Å². The molecule has 0 bridgehead atoms. The molecule has 0 amide bonds. The van der Waals surface area contributed by atoms with Gasteiger partial charge in [-0.05, 0) is 51.3 Å². The van der Waals surface area contributed by atoms with Crippen LogP contribution in [0.25, 0.3) is 0 Å². The molecule has 18 heavy (non-hydrogen) atoms. The lowest BCUT2D eigenvalue weighted by molar-refractivity contribution is -0.139. The van der Waals surface area contributed by atoms with Gasteiger partial charge in [-0.2, -0.15) is 0 Å². The fourth-order valence-corrected chi connectivity index (χ4v) is 2.88. The van der Waals surface area contributed by atoms with E-state index in [1.54, 1.807) is 6.26 Å². The summed E-state index contributed by atoms with van der Waals surface area (Å²) in [6.07, 6.45) is 3.87. The van der Waals surface area contributed by atoms with Crippen LogP contribution in [0.2, 0.25) is 0 Å². The molecule has 4 heteroatoms. The summed E-state index contributed by atoms with van der Waals surface area (Å²) in [5.41, 5.74) is 0.0329. The van der Waals surface area contributed by atoms with Crippen molar-refractivity contribution in [2.24, 2.45) is 5.92 Å². The van der Waals surface area contributed by atoms with E-state index in [-0.39, 0.29) is 12.0 Å². The van der Waals surface area contributed by atoms with E-state index in [0.717, 1.165) is 31.7 Å². The first kappa shape index (κ1) is 13.1. The Labute approximate surface area is 108 Å². The van der Waals surface area contributed by atoms with Crippen molar-refractivity contribution < 1.29 is 14.3 Å². The molecule has 0 saturated carbocycles. The Morgan fingerprint density at radius 2 is 2.39 bits per heavy atom. The predicted molar refractivity (Wildman–Crippen MR) is 68.2 cm³/mol. The van der Waals surface area contributed by atoms with Gasteiger partial charge in [-0.3, -0.25) is 9.69 Å². The minimum atomic E-state index is -0.685. The predicted octanol–water partition coefficient (Wildman–Crippen LogP) is 2.74. The van der Waals surface area contributed by atoms with Gasteiger partial charge >= 0.3 is 5.97 Å². The van der Waals surface area contributed by atoms with Crippen LogP contribution in [0, 0.1) is 5.92 Å². The van der Waals surface area contributed by atoms with Crippen molar-refractivity contribution in [2.75, 3.05) is 6.54 Å². The Hall–Kier alpha value is -1.29. The number of furan rings is 1. The van der Waals surface area contributed by atoms with E-state index in [0.29, 0.717) is 5.92 Å². The number of hydrogen-bond acceptors (Lipinski definition) is 3. The van der Waals surface area contributed by atoms with Crippen LogP contribution in [0.3, 0.4) is 0 Å². The molecule has 1 fully saturated rings. The maximum Gasteiger partial charge on any atom is 0.303 e. The maximum absolute atomic E-state index is 10.8. The summed E-state index contributed by atoms with van der Waals surface area (Å²) in [4.78, 5) is 13.2. The Morgan fingerprint density at radius 3 is 2.94 bits per heavy atom. The molecule has 1 aromatic rings. The molecule has 1 unspecified atom stereocenters. The summed E-state index contributed by atoms with van der Waals surface area (Å²) < 4.78 is 5.39. The van der Waals surface area contributed by atoms with Gasteiger partial charge in [0.2, 0.25) is 0 Å². The van der Waals surface area contributed by atoms with E-state index >= 15 is 0 Å². The van der Waals surface area contributed by atoms with Crippen molar-refractivity contribution >= 4 is 5.97 Å². The molecular weight excluding hydrogens is 230 g/mol. The zero-order chi connectivity index (χ0) is 13.2. The molecule has 4 nitrogen and oxygen atoms in total. The quantitative estimate of drug-likeness (QED) is 0.894. The summed E-state index contributed by atoms with van der Waals surface area (Å²) in [5.74, 6) is 0.584. The van der Waals surface area contributed by atoms with E-state index in [1.165, 1.54) is 0 Å². The Kier molecular flexibility index (Phi) is 3.76. The Bertz CT molecular complexity index is 397. The Balaban J connectivity index is 1.96. The second-order valence-electron chi connectivity index (χ2n) is 5.77. The van der Waals surface area contributed by atoms with Gasteiger partial charge in [0.05, 0.1) is 12.8 Å². The fourth-order valence-electron chi connectivity index (χ4n) is 2.88. The number of rotatable bonds is 4. The molecule has 1 atom stereocenters. The smallest absolute Gasteiger partial charge is 0.303 e. The van der Waals surface area contributed by atoms with Crippen LogP contribution < -0.4 is 0 Å². The number of likely N-dealkylation sites (tertiary alicyclic amines) is 1. The lowest BCUT2D eigenvalue weighted by Crippen LogP contribution is -2.49. The van der Waals surface area contributed by atoms with Gasteiger partial charge in [0.25, 0.3) is 0 Å². The summed E-state index contributed by atoms with van der Waals surface area (Å²) in [6.45, 7) is 6.11. The first-order valence-electron chi connectivity index (χ1n) is 6.46. The van der Waals surface area contributed by atoms with E-state index in [1.807, 2.05) is 12.1 Å². The molecule has 0 spiro atoms. The highest BCUT2D eigenvalue weighted by Gasteiger charge is 2.35. The molecule has 1 aromatic heterocycles. The second-order valence-corrected chi connectivity index (χ2v) is 5.77. The molecule has 100 valence electrons. The van der Waals surface area contributed by atoms with Crippen molar-refractivity contribution in [3.8, 4) is 0 Å². The van der Waals surface area contributed by atoms with Crippen LogP contribution in [-0.4, -0.2) is 28.1 Å². The molecule has 1 saturated heterocycles. The van der Waals surface area contributed by atoms with E-state index in [4.69, 9.17) is 9.52 Å². The second kappa shape index (κ2) is 5.14. The highest BCUT2D eigenvalue weighted by molar-refractivity contribution is 5.67. The van der Waals surface area contributed by atoms with E-state index in [9.17, 15) is 4.79 Å². The van der Waals surface area contributed by atoms with Gasteiger partial charge in [-0.15, -0.1) is 0 Å². The average molecular weight is 251 g/mol. The van der Waals surface area contributed by atoms with Crippen LogP contribution >= 0.6 is 0 Å². The summed E-state index contributed by atoms with van der Waals surface area (Å²) >= 11 is 0. The van der Waals surface area contributed by atoms with E-state index in [2.05, 4.69) is 18.7 Å². The molecule has 0 aromatic carbocycles. The highest BCUT2D eigenvalue weighted by atomic mass is 16.4. The summed E-state index contributed by atoms with van der Waals surface area (Å²) in [7, 11) is 0. The van der Waals surface area contributed by atoms with Gasteiger partial charge in [-0.1, -0.05) is 0 Å². The fraction of sp³-hybridized carbons (Fsp3) is 0.643. The lowest BCUT2D eigenvalue weighted by Gasteiger charge is -2.45. The van der Waals surface area contributed by atoms with Crippen LogP contribution in [0.1, 0.15) is 38.9 Å². The van der Waals surface area contributed by atoms with Crippen LogP contribution in [0.4, 0.5) is 0 Å². The SMILES string of the molecule is CC1(C)CC(CC(=O)O)CCN1Cc1ccco1. The normalized spacial score (nSPS) is 24.0. The number of nitrogens with zero attached hydrogens (tertiary/aromatic N) is 1. The molecular formula is C14H21NO3. The summed E-state index contributed by atoms with van der Waals surface area (Å²) in [6, 6.07) is 3.89. The number of carbonyl (C=O) groups is 1. The highest BCUT2D eigenvalue weighted by Crippen LogP contribution is 2.34. The molecule has 1 aliphatic rings. The molecule has 2 rings (SSSR count). The maximum atomic E-state index is 10.8. The minimum absolute atomic E-state index is 0.0329. The number of aliphatic carboxylic acids is 1. The lowest BCUT2D eigenvalue weighted by atomic mass is 9.81. The van der Waals surface area contributed by atoms with Crippen molar-refractivity contribution in [2.45, 2.75) is 45.2 Å². The van der Waals surface area contributed by atoms with Crippen LogP contribution in [-0.2, 0) is 11.3 Å². The average Bonchev–Trinajstić information content (AvgIpc) is 2.73. The van der Waals surface area contributed by atoms with Crippen molar-refractivity contribution in [1.82, 2.24) is 4.90 Å². The largest absolute Gasteiger partial charge is 0.481 e. The molecule has 1 N–H and O–H groups in total. The monoisotopic (exact) mass is 251 g/mol. The van der Waals surface area contributed by atoms with E-state index < -0.39 is 5.97 Å². The number of piperidine rings is 1. The molecule has 1 aliphatic heterocycles. The first-order valence-corrected chi connectivity index (χ1v) is 6.46. The third-order valence-electron chi connectivity index (χ3n) is 3.84. The van der Waals surface area contributed by atoms with Gasteiger partial charge < -0.3 is 9.52 Å². The topological polar surface area (TPSA) is 53.7 Å². The minimum Gasteiger partial charge on any atom is -0.481 e. The standard InChI is InChI=1S/C14H21NO3/c1-14(2)9-11(8-13(16)17)5-6-15(14)10-12-4-3-7-18-12/h3-4,7,11H,5-6,8-10H2,1-2H3,(H,16,17). The zero-order valence-electron chi connectivity index (χ0n) is 11.1. The summed E-state index contributed by atoms with van der Waals surface area (Å²) in [5, 5.41) is 8.88. The first-order chi connectivity index (χ1) is 8.47. The van der Waals surface area contributed by atoms with Crippen molar-refractivity contribution in [3.05, 3.63) is 24.2 Å². The van der Waals surface area contributed by atoms with Crippen molar-refractivity contribution in [3.63, 3.8) is 0 Å². The van der Waals surface area contributed by atoms with Crippen molar-refractivity contribution in [1.29, 1.82) is 0 Å². The molecule has 0 radical (unpaired) electrons. The third-order valence-corrected chi connectivity index (χ3v) is 3.84. The van der Waals surface area contributed by atoms with Gasteiger partial charge in [0, 0.05) is 12.0 Å². The molecule has 2 heterocycles. The third kappa shape index (κ3) is 3.13. The Morgan fingerprint density at radius 1 is 1.61 bits per heavy atom.